The molecule has 0 atom stereocenters. The van der Waals surface area contributed by atoms with Crippen LogP contribution in [-0.4, -0.2) is 31.7 Å². The summed E-state index contributed by atoms with van der Waals surface area (Å²) in [6, 6.07) is 3.76. The Morgan fingerprint density at radius 2 is 1.04 bits per heavy atom. The second-order valence-corrected chi connectivity index (χ2v) is 7.22. The van der Waals surface area contributed by atoms with Gasteiger partial charge in [0.2, 0.25) is 0 Å². The van der Waals surface area contributed by atoms with Crippen molar-refractivity contribution in [2.75, 3.05) is 0 Å². The molecular formula is C13H6F2K2O7S2. The number of carbonyl (C=O) groups is 1. The summed E-state index contributed by atoms with van der Waals surface area (Å²) in [6.45, 7) is 0. The molecular weight excluding hydrogens is 448 g/mol. The maximum atomic E-state index is 13.3. The molecule has 0 aliphatic carbocycles. The number of ketones is 1. The molecule has 26 heavy (non-hydrogen) atoms. The fourth-order valence-electron chi connectivity index (χ4n) is 1.84. The van der Waals surface area contributed by atoms with E-state index in [2.05, 4.69) is 0 Å². The van der Waals surface area contributed by atoms with E-state index in [4.69, 9.17) is 0 Å². The van der Waals surface area contributed by atoms with Crippen LogP contribution in [0.5, 0.6) is 0 Å². The first kappa shape index (κ1) is 27.1. The Balaban J connectivity index is 0.00000312. The maximum absolute atomic E-state index is 13.3. The SMILES string of the molecule is O=C(c1ccc(F)c(S(=O)(=O)[O-])c1)c1ccc(F)c(S(=O)(=O)[O-])c1.[K+].[K+]. The molecule has 0 saturated heterocycles. The van der Waals surface area contributed by atoms with Gasteiger partial charge in [-0.3, -0.25) is 4.79 Å². The van der Waals surface area contributed by atoms with Gasteiger partial charge in [0.25, 0.3) is 0 Å². The summed E-state index contributed by atoms with van der Waals surface area (Å²) < 4.78 is 92.2. The van der Waals surface area contributed by atoms with Crippen molar-refractivity contribution in [2.45, 2.75) is 9.79 Å². The van der Waals surface area contributed by atoms with Crippen LogP contribution in [0.4, 0.5) is 8.78 Å². The van der Waals surface area contributed by atoms with Gasteiger partial charge in [-0.25, -0.2) is 25.6 Å². The molecule has 0 saturated carbocycles. The smallest absolute Gasteiger partial charge is 0.744 e. The Labute approximate surface area is 232 Å². The number of benzene rings is 2. The summed E-state index contributed by atoms with van der Waals surface area (Å²) in [4.78, 5) is 9.65. The van der Waals surface area contributed by atoms with Gasteiger partial charge in [-0.1, -0.05) is 0 Å². The summed E-state index contributed by atoms with van der Waals surface area (Å²) >= 11 is 0. The van der Waals surface area contributed by atoms with Crippen molar-refractivity contribution in [3.8, 4) is 0 Å². The maximum Gasteiger partial charge on any atom is 1.00 e. The first-order valence-electron chi connectivity index (χ1n) is 5.97. The number of rotatable bonds is 4. The quantitative estimate of drug-likeness (QED) is 0.257. The molecule has 2 aromatic rings. The zero-order valence-electron chi connectivity index (χ0n) is 13.4. The fraction of sp³-hybridized carbons (Fsp3) is 0. The van der Waals surface area contributed by atoms with Crippen LogP contribution in [0.2, 0.25) is 0 Å². The van der Waals surface area contributed by atoms with Crippen LogP contribution in [0.15, 0.2) is 46.2 Å². The van der Waals surface area contributed by atoms with Crippen LogP contribution in [-0.2, 0) is 20.2 Å². The minimum Gasteiger partial charge on any atom is -0.744 e. The average Bonchev–Trinajstić information content (AvgIpc) is 2.45. The van der Waals surface area contributed by atoms with Crippen molar-refractivity contribution in [1.29, 1.82) is 0 Å². The molecule has 0 unspecified atom stereocenters. The predicted molar refractivity (Wildman–Crippen MR) is 72.2 cm³/mol. The number of halogens is 2. The third kappa shape index (κ3) is 6.55. The number of hydrogen-bond donors (Lipinski definition) is 0. The molecule has 128 valence electrons. The van der Waals surface area contributed by atoms with Gasteiger partial charge >= 0.3 is 103 Å². The molecule has 13 heteroatoms. The van der Waals surface area contributed by atoms with Crippen LogP contribution in [0.1, 0.15) is 15.9 Å². The normalized spacial score (nSPS) is 11.2. The van der Waals surface area contributed by atoms with Crippen molar-refractivity contribution >= 4 is 26.0 Å². The third-order valence-corrected chi connectivity index (χ3v) is 4.63. The van der Waals surface area contributed by atoms with Crippen molar-refractivity contribution in [2.24, 2.45) is 0 Å². The average molecular weight is 455 g/mol. The van der Waals surface area contributed by atoms with Crippen LogP contribution >= 0.6 is 0 Å². The molecule has 0 spiro atoms. The Morgan fingerprint density at radius 3 is 1.31 bits per heavy atom. The van der Waals surface area contributed by atoms with Crippen LogP contribution in [0.3, 0.4) is 0 Å². The first-order valence-corrected chi connectivity index (χ1v) is 8.78. The molecule has 2 aromatic carbocycles. The minimum absolute atomic E-state index is 0. The molecule has 2 rings (SSSR count). The van der Waals surface area contributed by atoms with Crippen molar-refractivity contribution < 1.29 is 142 Å². The Kier molecular flexibility index (Phi) is 10.6. The van der Waals surface area contributed by atoms with E-state index >= 15 is 0 Å². The Bertz CT molecular complexity index is 971. The molecule has 0 amide bonds. The summed E-state index contributed by atoms with van der Waals surface area (Å²) in [5.74, 6) is -3.78. The number of hydrogen-bond acceptors (Lipinski definition) is 7. The van der Waals surface area contributed by atoms with E-state index in [1.165, 1.54) is 0 Å². The Morgan fingerprint density at radius 1 is 0.731 bits per heavy atom. The summed E-state index contributed by atoms with van der Waals surface area (Å²) in [6.07, 6.45) is 0. The van der Waals surface area contributed by atoms with Gasteiger partial charge in [-0.15, -0.1) is 0 Å². The largest absolute Gasteiger partial charge is 1.00 e. The minimum atomic E-state index is -5.19. The standard InChI is InChI=1S/C13H8F2O7S2.2K/c14-9-3-1-7(5-11(9)23(17,18)19)13(16)8-2-4-10(15)12(6-8)24(20,21)22;;/h1-6H,(H,17,18,19)(H,20,21,22);;/q;2*+1/p-2. The first-order chi connectivity index (χ1) is 10.9. The van der Waals surface area contributed by atoms with E-state index in [0.29, 0.717) is 24.3 Å². The molecule has 7 nitrogen and oxygen atoms in total. The van der Waals surface area contributed by atoms with E-state index < -0.39 is 58.6 Å². The Hall–Kier alpha value is 1.06. The van der Waals surface area contributed by atoms with Crippen molar-refractivity contribution in [3.05, 3.63) is 59.2 Å². The van der Waals surface area contributed by atoms with Gasteiger partial charge in [-0.2, -0.15) is 0 Å². The number of carbonyl (C=O) groups excluding carboxylic acids is 1. The topological polar surface area (TPSA) is 131 Å². The molecule has 0 fully saturated rings. The molecule has 0 radical (unpaired) electrons. The van der Waals surface area contributed by atoms with Gasteiger partial charge < -0.3 is 9.11 Å². The summed E-state index contributed by atoms with van der Waals surface area (Å²) in [5, 5.41) is 0. The van der Waals surface area contributed by atoms with Crippen LogP contribution < -0.4 is 103 Å². The third-order valence-electron chi connectivity index (χ3n) is 2.93. The molecule has 0 aliphatic rings. The summed E-state index contributed by atoms with van der Waals surface area (Å²) in [5.41, 5.74) is -0.932. The van der Waals surface area contributed by atoms with Crippen molar-refractivity contribution in [1.82, 2.24) is 0 Å². The molecule has 0 heterocycles. The summed E-state index contributed by atoms with van der Waals surface area (Å²) in [7, 11) is -10.4. The molecule has 0 aromatic heterocycles. The van der Waals surface area contributed by atoms with Gasteiger partial charge in [0.15, 0.2) is 5.78 Å². The van der Waals surface area contributed by atoms with E-state index in [-0.39, 0.29) is 103 Å². The zero-order chi connectivity index (χ0) is 18.3. The second-order valence-electron chi connectivity index (χ2n) is 4.53. The van der Waals surface area contributed by atoms with E-state index in [1.54, 1.807) is 0 Å². The zero-order valence-corrected chi connectivity index (χ0v) is 21.3. The molecule has 0 N–H and O–H groups in total. The van der Waals surface area contributed by atoms with E-state index in [9.17, 15) is 39.5 Å². The molecule has 0 aliphatic heterocycles. The van der Waals surface area contributed by atoms with Crippen LogP contribution in [0.25, 0.3) is 0 Å². The van der Waals surface area contributed by atoms with Gasteiger partial charge in [-0.05, 0) is 36.4 Å². The van der Waals surface area contributed by atoms with Gasteiger partial charge in [0, 0.05) is 11.1 Å². The van der Waals surface area contributed by atoms with Crippen molar-refractivity contribution in [3.63, 3.8) is 0 Å². The monoisotopic (exact) mass is 454 g/mol. The predicted octanol–water partition coefficient (Wildman–Crippen LogP) is -4.99. The second kappa shape index (κ2) is 10.2. The van der Waals surface area contributed by atoms with E-state index in [0.717, 1.165) is 12.1 Å². The van der Waals surface area contributed by atoms with Gasteiger partial charge in [0.05, 0.1) is 9.79 Å². The molecule has 0 bridgehead atoms. The van der Waals surface area contributed by atoms with E-state index in [1.807, 2.05) is 0 Å². The van der Waals surface area contributed by atoms with Crippen LogP contribution in [0, 0.1) is 11.6 Å². The fourth-order valence-corrected chi connectivity index (χ4v) is 3.00. The van der Waals surface area contributed by atoms with Gasteiger partial charge in [0.1, 0.15) is 31.9 Å².